The summed E-state index contributed by atoms with van der Waals surface area (Å²) in [6.45, 7) is 3.19. The Kier molecular flexibility index (Phi) is 14.9. The first-order valence-electron chi connectivity index (χ1n) is 4.41. The van der Waals surface area contributed by atoms with Crippen molar-refractivity contribution < 1.29 is 37.0 Å². The monoisotopic (exact) mass is 275 g/mol. The van der Waals surface area contributed by atoms with Crippen LogP contribution >= 0.6 is 0 Å². The zero-order valence-corrected chi connectivity index (χ0v) is 9.93. The van der Waals surface area contributed by atoms with Crippen molar-refractivity contribution in [2.75, 3.05) is 33.0 Å². The number of hydrogen-bond acceptors (Lipinski definition) is 8. The molecule has 4 N–H and O–H groups in total. The summed E-state index contributed by atoms with van der Waals surface area (Å²) < 4.78 is 31.0. The minimum atomic E-state index is -4.26. The highest BCUT2D eigenvalue weighted by Crippen LogP contribution is 1.83. The van der Waals surface area contributed by atoms with E-state index in [0.717, 1.165) is 0 Å². The van der Waals surface area contributed by atoms with Gasteiger partial charge in [0.25, 0.3) is 0 Å². The molecule has 0 aliphatic heterocycles. The van der Waals surface area contributed by atoms with Gasteiger partial charge >= 0.3 is 10.4 Å². The van der Waals surface area contributed by atoms with E-state index in [9.17, 15) is 8.42 Å². The van der Waals surface area contributed by atoms with E-state index in [2.05, 4.69) is 26.1 Å². The first-order valence-corrected chi connectivity index (χ1v) is 5.77. The van der Waals surface area contributed by atoms with Gasteiger partial charge in [0.1, 0.15) is 0 Å². The second kappa shape index (κ2) is 13.5. The van der Waals surface area contributed by atoms with Gasteiger partial charge in [0.2, 0.25) is 0 Å². The standard InChI is InChI=1S/C4H11NO4.C3H6O4S/c6-1-3-8-5-9-4-2-7;1-2-3-7-8(4,5)6/h5-7H,1-4H2;2H,1,3H2,(H,4,5,6). The smallest absolute Gasteiger partial charge is 0.394 e. The van der Waals surface area contributed by atoms with Gasteiger partial charge in [-0.15, -0.1) is 6.58 Å². The number of aliphatic hydroxyl groups is 2. The van der Waals surface area contributed by atoms with Gasteiger partial charge in [-0.05, 0) is 0 Å². The summed E-state index contributed by atoms with van der Waals surface area (Å²) in [4.78, 5) is 8.90. The minimum absolute atomic E-state index is 0.0600. The van der Waals surface area contributed by atoms with Gasteiger partial charge in [-0.2, -0.15) is 8.42 Å². The first kappa shape index (κ1) is 18.8. The maximum Gasteiger partial charge on any atom is 0.397 e. The Hall–Kier alpha value is -0.590. The quantitative estimate of drug-likeness (QED) is 0.170. The lowest BCUT2D eigenvalue weighted by Gasteiger charge is -2.01. The van der Waals surface area contributed by atoms with Crippen LogP contribution in [0.3, 0.4) is 0 Å². The molecule has 10 heteroatoms. The van der Waals surface area contributed by atoms with Crippen LogP contribution in [-0.4, -0.2) is 56.2 Å². The molecule has 9 nitrogen and oxygen atoms in total. The Morgan fingerprint density at radius 2 is 1.65 bits per heavy atom. The Morgan fingerprint density at radius 3 is 1.88 bits per heavy atom. The fourth-order valence-electron chi connectivity index (χ4n) is 0.350. The minimum Gasteiger partial charge on any atom is -0.394 e. The summed E-state index contributed by atoms with van der Waals surface area (Å²) in [6.07, 6.45) is 1.22. The molecule has 0 radical (unpaired) electrons. The van der Waals surface area contributed by atoms with Crippen molar-refractivity contribution in [2.45, 2.75) is 0 Å². The Labute approximate surface area is 99.5 Å². The Morgan fingerprint density at radius 1 is 1.18 bits per heavy atom. The van der Waals surface area contributed by atoms with Gasteiger partial charge in [-0.3, -0.25) is 14.2 Å². The molecule has 104 valence electrons. The second-order valence-corrected chi connectivity index (χ2v) is 3.32. The molecule has 0 aliphatic carbocycles. The van der Waals surface area contributed by atoms with E-state index in [1.54, 1.807) is 0 Å². The number of hydrogen-bond donors (Lipinski definition) is 4. The van der Waals surface area contributed by atoms with E-state index >= 15 is 0 Å². The van der Waals surface area contributed by atoms with E-state index in [1.165, 1.54) is 6.08 Å². The lowest BCUT2D eigenvalue weighted by atomic mass is 10.7. The van der Waals surface area contributed by atoms with Crippen LogP contribution in [-0.2, 0) is 24.3 Å². The molecule has 0 rings (SSSR count). The third-order valence-corrected chi connectivity index (χ3v) is 1.27. The number of nitrogens with one attached hydrogen (secondary N) is 1. The molecule has 0 saturated heterocycles. The van der Waals surface area contributed by atoms with Crippen LogP contribution in [0.5, 0.6) is 0 Å². The zero-order valence-electron chi connectivity index (χ0n) is 9.11. The highest BCUT2D eigenvalue weighted by atomic mass is 32.3. The predicted molar refractivity (Wildman–Crippen MR) is 56.9 cm³/mol. The molecule has 0 aromatic rings. The second-order valence-electron chi connectivity index (χ2n) is 2.23. The van der Waals surface area contributed by atoms with Crippen molar-refractivity contribution in [1.82, 2.24) is 5.64 Å². The lowest BCUT2D eigenvalue weighted by Crippen LogP contribution is -2.19. The molecule has 0 atom stereocenters. The van der Waals surface area contributed by atoms with Crippen molar-refractivity contribution in [2.24, 2.45) is 0 Å². The molecule has 0 aromatic carbocycles. The molecule has 0 bridgehead atoms. The van der Waals surface area contributed by atoms with Crippen molar-refractivity contribution >= 4 is 10.4 Å². The van der Waals surface area contributed by atoms with Crippen LogP contribution in [0.1, 0.15) is 0 Å². The van der Waals surface area contributed by atoms with Gasteiger partial charge in [0.15, 0.2) is 0 Å². The zero-order chi connectivity index (χ0) is 13.6. The van der Waals surface area contributed by atoms with Crippen LogP contribution in [0.4, 0.5) is 0 Å². The third-order valence-electron chi connectivity index (χ3n) is 0.839. The van der Waals surface area contributed by atoms with Crippen molar-refractivity contribution in [3.05, 3.63) is 12.7 Å². The molecular formula is C7H17NO8S. The van der Waals surface area contributed by atoms with Crippen LogP contribution in [0.2, 0.25) is 0 Å². The Balaban J connectivity index is 0. The van der Waals surface area contributed by atoms with Crippen LogP contribution in [0.25, 0.3) is 0 Å². The molecule has 0 amide bonds. The van der Waals surface area contributed by atoms with Crippen molar-refractivity contribution in [1.29, 1.82) is 0 Å². The molecule has 0 unspecified atom stereocenters. The maximum atomic E-state index is 9.68. The summed E-state index contributed by atoms with van der Waals surface area (Å²) >= 11 is 0. The average Bonchev–Trinajstić information content (AvgIpc) is 2.26. The van der Waals surface area contributed by atoms with E-state index in [0.29, 0.717) is 0 Å². The van der Waals surface area contributed by atoms with E-state index in [1.807, 2.05) is 0 Å². The van der Waals surface area contributed by atoms with Crippen LogP contribution in [0.15, 0.2) is 12.7 Å². The summed E-state index contributed by atoms with van der Waals surface area (Å²) in [7, 11) is -4.26. The fraction of sp³-hybridized carbons (Fsp3) is 0.714. The highest BCUT2D eigenvalue weighted by Gasteiger charge is 1.99. The van der Waals surface area contributed by atoms with Crippen molar-refractivity contribution in [3.63, 3.8) is 0 Å². The number of aliphatic hydroxyl groups excluding tert-OH is 2. The summed E-state index contributed by atoms with van der Waals surface area (Å²) in [5, 5.41) is 16.3. The van der Waals surface area contributed by atoms with Gasteiger partial charge in [-0.25, -0.2) is 4.18 Å². The van der Waals surface area contributed by atoms with Gasteiger partial charge in [0.05, 0.1) is 33.0 Å². The average molecular weight is 275 g/mol. The summed E-state index contributed by atoms with van der Waals surface area (Å²) in [6, 6.07) is 0. The van der Waals surface area contributed by atoms with Gasteiger partial charge in [0, 0.05) is 0 Å². The van der Waals surface area contributed by atoms with Crippen molar-refractivity contribution in [3.8, 4) is 0 Å². The molecule has 0 saturated carbocycles. The SMILES string of the molecule is C=CCOS(=O)(=O)O.OCCONOCCO. The number of rotatable bonds is 9. The third kappa shape index (κ3) is 25.6. The normalized spacial score (nSPS) is 10.5. The largest absolute Gasteiger partial charge is 0.397 e. The summed E-state index contributed by atoms with van der Waals surface area (Å²) in [5.74, 6) is 0. The topological polar surface area (TPSA) is 135 Å². The van der Waals surface area contributed by atoms with E-state index in [-0.39, 0.29) is 33.0 Å². The maximum absolute atomic E-state index is 9.68. The first-order chi connectivity index (χ1) is 7.97. The van der Waals surface area contributed by atoms with Crippen LogP contribution in [0, 0.1) is 0 Å². The molecule has 0 spiro atoms. The molecule has 0 heterocycles. The fourth-order valence-corrected chi connectivity index (χ4v) is 0.619. The summed E-state index contributed by atoms with van der Waals surface area (Å²) in [5.41, 5.74) is 2.07. The van der Waals surface area contributed by atoms with Gasteiger partial charge in [-0.1, -0.05) is 11.7 Å². The molecule has 17 heavy (non-hydrogen) atoms. The Bertz CT molecular complexity index is 249. The molecular weight excluding hydrogens is 258 g/mol. The van der Waals surface area contributed by atoms with E-state index in [4.69, 9.17) is 14.8 Å². The van der Waals surface area contributed by atoms with E-state index < -0.39 is 10.4 Å². The molecule has 0 aliphatic rings. The van der Waals surface area contributed by atoms with Gasteiger partial charge < -0.3 is 10.2 Å². The highest BCUT2D eigenvalue weighted by molar-refractivity contribution is 7.80. The molecule has 0 fully saturated rings. The lowest BCUT2D eigenvalue weighted by molar-refractivity contribution is -0.178. The molecule has 0 aromatic heterocycles. The predicted octanol–water partition coefficient (Wildman–Crippen LogP) is -1.58. The van der Waals surface area contributed by atoms with Crippen LogP contribution < -0.4 is 5.64 Å².